The normalized spacial score (nSPS) is 12.4. The maximum Gasteiger partial charge on any atom is 0.219 e. The van der Waals surface area contributed by atoms with Gasteiger partial charge in [0, 0.05) is 18.3 Å². The maximum atomic E-state index is 5.65. The Kier molecular flexibility index (Phi) is 3.95. The molecular formula is C15H18N2O. The van der Waals surface area contributed by atoms with Crippen molar-refractivity contribution in [2.45, 2.75) is 13.0 Å². The second-order valence-corrected chi connectivity index (χ2v) is 4.48. The molecule has 0 aliphatic carbocycles. The summed E-state index contributed by atoms with van der Waals surface area (Å²) in [6, 6.07) is 14.1. The van der Waals surface area contributed by atoms with Crippen LogP contribution in [0.15, 0.2) is 48.7 Å². The monoisotopic (exact) mass is 242 g/mol. The van der Waals surface area contributed by atoms with Crippen LogP contribution in [-0.4, -0.2) is 24.0 Å². The van der Waals surface area contributed by atoms with Gasteiger partial charge in [-0.2, -0.15) is 0 Å². The van der Waals surface area contributed by atoms with Crippen molar-refractivity contribution in [3.8, 4) is 11.6 Å². The van der Waals surface area contributed by atoms with Gasteiger partial charge < -0.3 is 9.64 Å². The van der Waals surface area contributed by atoms with Gasteiger partial charge in [0.1, 0.15) is 5.75 Å². The van der Waals surface area contributed by atoms with E-state index in [4.69, 9.17) is 4.74 Å². The number of nitrogens with zero attached hydrogens (tertiary/aromatic N) is 2. The number of hydrogen-bond acceptors (Lipinski definition) is 3. The maximum absolute atomic E-state index is 5.65. The minimum Gasteiger partial charge on any atom is -0.439 e. The van der Waals surface area contributed by atoms with Crippen LogP contribution in [-0.2, 0) is 0 Å². The highest BCUT2D eigenvalue weighted by Crippen LogP contribution is 2.23. The summed E-state index contributed by atoms with van der Waals surface area (Å²) < 4.78 is 5.65. The number of hydrogen-bond donors (Lipinski definition) is 0. The average Bonchev–Trinajstić information content (AvgIpc) is 2.40. The summed E-state index contributed by atoms with van der Waals surface area (Å²) in [5, 5.41) is 0. The topological polar surface area (TPSA) is 25.4 Å². The zero-order valence-electron chi connectivity index (χ0n) is 11.0. The second-order valence-electron chi connectivity index (χ2n) is 4.48. The summed E-state index contributed by atoms with van der Waals surface area (Å²) in [5.41, 5.74) is 1.27. The van der Waals surface area contributed by atoms with E-state index in [0.717, 1.165) is 5.75 Å². The molecule has 1 atom stereocenters. The molecule has 94 valence electrons. The minimum absolute atomic E-state index is 0.397. The summed E-state index contributed by atoms with van der Waals surface area (Å²) in [5.74, 6) is 1.43. The number of ether oxygens (including phenoxy) is 1. The quantitative estimate of drug-likeness (QED) is 0.820. The summed E-state index contributed by atoms with van der Waals surface area (Å²) in [6.45, 7) is 2.18. The standard InChI is InChI=1S/C15H18N2O/c1-12(17(2)3)13-7-9-14(10-8-13)18-15-6-4-5-11-16-15/h4-12H,1-3H3. The fraction of sp³-hybridized carbons (Fsp3) is 0.267. The molecule has 2 aromatic rings. The highest BCUT2D eigenvalue weighted by molar-refractivity contribution is 5.31. The van der Waals surface area contributed by atoms with Gasteiger partial charge in [-0.15, -0.1) is 0 Å². The molecule has 1 aromatic heterocycles. The molecule has 0 aliphatic heterocycles. The third-order valence-corrected chi connectivity index (χ3v) is 3.00. The fourth-order valence-electron chi connectivity index (χ4n) is 1.64. The van der Waals surface area contributed by atoms with Gasteiger partial charge in [-0.3, -0.25) is 0 Å². The molecule has 3 heteroatoms. The molecule has 0 aliphatic rings. The molecule has 0 fully saturated rings. The Morgan fingerprint density at radius 2 is 1.78 bits per heavy atom. The number of aromatic nitrogens is 1. The lowest BCUT2D eigenvalue weighted by molar-refractivity contribution is 0.321. The Morgan fingerprint density at radius 1 is 1.06 bits per heavy atom. The van der Waals surface area contributed by atoms with Crippen LogP contribution in [0.1, 0.15) is 18.5 Å². The van der Waals surface area contributed by atoms with Gasteiger partial charge in [-0.1, -0.05) is 18.2 Å². The molecule has 0 bridgehead atoms. The van der Waals surface area contributed by atoms with Crippen molar-refractivity contribution < 1.29 is 4.74 Å². The largest absolute Gasteiger partial charge is 0.439 e. The van der Waals surface area contributed by atoms with Crippen molar-refractivity contribution in [2.75, 3.05) is 14.1 Å². The van der Waals surface area contributed by atoms with Crippen LogP contribution in [0, 0.1) is 0 Å². The smallest absolute Gasteiger partial charge is 0.219 e. The predicted octanol–water partition coefficient (Wildman–Crippen LogP) is 3.50. The van der Waals surface area contributed by atoms with Gasteiger partial charge in [-0.25, -0.2) is 4.98 Å². The van der Waals surface area contributed by atoms with Gasteiger partial charge in [0.15, 0.2) is 0 Å². The van der Waals surface area contributed by atoms with E-state index in [0.29, 0.717) is 11.9 Å². The molecule has 0 saturated carbocycles. The van der Waals surface area contributed by atoms with Crippen LogP contribution >= 0.6 is 0 Å². The third kappa shape index (κ3) is 3.08. The van der Waals surface area contributed by atoms with Gasteiger partial charge in [0.25, 0.3) is 0 Å². The first kappa shape index (κ1) is 12.6. The summed E-state index contributed by atoms with van der Waals surface area (Å²) in [7, 11) is 4.14. The van der Waals surface area contributed by atoms with Gasteiger partial charge in [0.05, 0.1) is 0 Å². The van der Waals surface area contributed by atoms with Crippen LogP contribution in [0.3, 0.4) is 0 Å². The lowest BCUT2D eigenvalue weighted by atomic mass is 10.1. The van der Waals surface area contributed by atoms with Gasteiger partial charge in [0.2, 0.25) is 5.88 Å². The van der Waals surface area contributed by atoms with Crippen molar-refractivity contribution in [3.05, 3.63) is 54.2 Å². The number of rotatable bonds is 4. The van der Waals surface area contributed by atoms with Crippen LogP contribution < -0.4 is 4.74 Å². The molecule has 0 amide bonds. The molecule has 0 saturated heterocycles. The van der Waals surface area contributed by atoms with Crippen molar-refractivity contribution in [1.82, 2.24) is 9.88 Å². The molecular weight excluding hydrogens is 224 g/mol. The Hall–Kier alpha value is -1.87. The lowest BCUT2D eigenvalue weighted by Crippen LogP contribution is -2.16. The van der Waals surface area contributed by atoms with Gasteiger partial charge >= 0.3 is 0 Å². The van der Waals surface area contributed by atoms with E-state index in [-0.39, 0.29) is 0 Å². The van der Waals surface area contributed by atoms with Crippen molar-refractivity contribution in [2.24, 2.45) is 0 Å². The summed E-state index contributed by atoms with van der Waals surface area (Å²) >= 11 is 0. The second kappa shape index (κ2) is 5.65. The lowest BCUT2D eigenvalue weighted by Gasteiger charge is -2.20. The first-order valence-corrected chi connectivity index (χ1v) is 6.02. The Balaban J connectivity index is 2.09. The van der Waals surface area contributed by atoms with E-state index in [1.165, 1.54) is 5.56 Å². The average molecular weight is 242 g/mol. The Bertz CT molecular complexity index is 480. The first-order chi connectivity index (χ1) is 8.66. The molecule has 2 rings (SSSR count). The minimum atomic E-state index is 0.397. The van der Waals surface area contributed by atoms with E-state index >= 15 is 0 Å². The number of benzene rings is 1. The van der Waals surface area contributed by atoms with Crippen molar-refractivity contribution >= 4 is 0 Å². The van der Waals surface area contributed by atoms with E-state index in [9.17, 15) is 0 Å². The number of pyridine rings is 1. The highest BCUT2D eigenvalue weighted by Gasteiger charge is 2.07. The third-order valence-electron chi connectivity index (χ3n) is 3.00. The zero-order chi connectivity index (χ0) is 13.0. The molecule has 1 aromatic carbocycles. The molecule has 18 heavy (non-hydrogen) atoms. The van der Waals surface area contributed by atoms with Crippen LogP contribution in [0.5, 0.6) is 11.6 Å². The van der Waals surface area contributed by atoms with Crippen LogP contribution in [0.2, 0.25) is 0 Å². The zero-order valence-corrected chi connectivity index (χ0v) is 11.0. The summed E-state index contributed by atoms with van der Waals surface area (Å²) in [6.07, 6.45) is 1.72. The SMILES string of the molecule is CC(c1ccc(Oc2ccccn2)cc1)N(C)C. The van der Waals surface area contributed by atoms with Gasteiger partial charge in [-0.05, 0) is 44.8 Å². The highest BCUT2D eigenvalue weighted by atomic mass is 16.5. The van der Waals surface area contributed by atoms with Crippen LogP contribution in [0.4, 0.5) is 0 Å². The van der Waals surface area contributed by atoms with Crippen molar-refractivity contribution in [1.29, 1.82) is 0 Å². The first-order valence-electron chi connectivity index (χ1n) is 6.02. The van der Waals surface area contributed by atoms with Crippen molar-refractivity contribution in [3.63, 3.8) is 0 Å². The Morgan fingerprint density at radius 3 is 2.33 bits per heavy atom. The molecule has 0 spiro atoms. The van der Waals surface area contributed by atoms with E-state index < -0.39 is 0 Å². The summed E-state index contributed by atoms with van der Waals surface area (Å²) in [4.78, 5) is 6.30. The molecule has 1 unspecified atom stereocenters. The molecule has 0 N–H and O–H groups in total. The van der Waals surface area contributed by atoms with E-state index in [1.807, 2.05) is 30.3 Å². The Labute approximate surface area is 108 Å². The van der Waals surface area contributed by atoms with Crippen LogP contribution in [0.25, 0.3) is 0 Å². The molecule has 1 heterocycles. The molecule has 0 radical (unpaired) electrons. The van der Waals surface area contributed by atoms with E-state index in [2.05, 4.69) is 43.0 Å². The predicted molar refractivity (Wildman–Crippen MR) is 72.9 cm³/mol. The fourth-order valence-corrected chi connectivity index (χ4v) is 1.64. The molecule has 3 nitrogen and oxygen atoms in total. The van der Waals surface area contributed by atoms with E-state index in [1.54, 1.807) is 6.20 Å².